The highest BCUT2D eigenvalue weighted by atomic mass is 16.5. The first-order valence-electron chi connectivity index (χ1n) is 7.50. The Morgan fingerprint density at radius 1 is 1.14 bits per heavy atom. The number of amides is 1. The van der Waals surface area contributed by atoms with Gasteiger partial charge in [0.1, 0.15) is 18.5 Å². The maximum Gasteiger partial charge on any atom is 0.227 e. The average molecular weight is 297 g/mol. The number of rotatable bonds is 5. The molecule has 1 heterocycles. The Kier molecular flexibility index (Phi) is 4.39. The van der Waals surface area contributed by atoms with Gasteiger partial charge in [-0.15, -0.1) is 0 Å². The third kappa shape index (κ3) is 3.28. The third-order valence-electron chi connectivity index (χ3n) is 3.79. The van der Waals surface area contributed by atoms with E-state index >= 15 is 0 Å². The average Bonchev–Trinajstić information content (AvgIpc) is 3.00. The van der Waals surface area contributed by atoms with E-state index in [9.17, 15) is 9.90 Å². The fourth-order valence-corrected chi connectivity index (χ4v) is 2.61. The fraction of sp³-hybridized carbons (Fsp3) is 0.278. The van der Waals surface area contributed by atoms with Crippen LogP contribution in [0.5, 0.6) is 5.75 Å². The van der Waals surface area contributed by atoms with Crippen molar-refractivity contribution in [2.45, 2.75) is 18.9 Å². The first-order chi connectivity index (χ1) is 10.7. The van der Waals surface area contributed by atoms with E-state index in [4.69, 9.17) is 4.74 Å². The molecule has 1 saturated heterocycles. The van der Waals surface area contributed by atoms with E-state index in [0.717, 1.165) is 24.2 Å². The molecule has 1 fully saturated rings. The number of ether oxygens (including phenoxy) is 1. The number of benzene rings is 2. The summed E-state index contributed by atoms with van der Waals surface area (Å²) >= 11 is 0. The van der Waals surface area contributed by atoms with Crippen molar-refractivity contribution in [1.29, 1.82) is 0 Å². The normalized spacial score (nSPS) is 15.9. The second kappa shape index (κ2) is 6.62. The molecule has 1 amide bonds. The van der Waals surface area contributed by atoms with Gasteiger partial charge in [0, 0.05) is 24.7 Å². The zero-order chi connectivity index (χ0) is 15.4. The molecule has 0 spiro atoms. The van der Waals surface area contributed by atoms with Crippen molar-refractivity contribution in [2.24, 2.45) is 0 Å². The van der Waals surface area contributed by atoms with E-state index < -0.39 is 6.10 Å². The van der Waals surface area contributed by atoms with Gasteiger partial charge in [-0.05, 0) is 24.1 Å². The van der Waals surface area contributed by atoms with Crippen LogP contribution in [-0.2, 0) is 4.79 Å². The minimum Gasteiger partial charge on any atom is -0.490 e. The van der Waals surface area contributed by atoms with Crippen LogP contribution in [0.25, 0.3) is 0 Å². The van der Waals surface area contributed by atoms with E-state index in [0.29, 0.717) is 12.2 Å². The highest BCUT2D eigenvalue weighted by molar-refractivity contribution is 5.95. The number of aliphatic hydroxyl groups excluding tert-OH is 1. The van der Waals surface area contributed by atoms with Gasteiger partial charge >= 0.3 is 0 Å². The molecular formula is C18H19NO3. The van der Waals surface area contributed by atoms with Gasteiger partial charge in [-0.1, -0.05) is 36.4 Å². The number of carbonyl (C=O) groups excluding carboxylic acids is 1. The van der Waals surface area contributed by atoms with Crippen LogP contribution in [0.1, 0.15) is 24.5 Å². The summed E-state index contributed by atoms with van der Waals surface area (Å²) in [5.41, 5.74) is 1.68. The molecule has 2 aromatic rings. The smallest absolute Gasteiger partial charge is 0.227 e. The van der Waals surface area contributed by atoms with E-state index in [1.165, 1.54) is 0 Å². The molecule has 0 aliphatic carbocycles. The Bertz CT molecular complexity index is 642. The van der Waals surface area contributed by atoms with Crippen molar-refractivity contribution in [3.63, 3.8) is 0 Å². The number of carbonyl (C=O) groups is 1. The molecule has 4 nitrogen and oxygen atoms in total. The fourth-order valence-electron chi connectivity index (χ4n) is 2.61. The Labute approximate surface area is 130 Å². The number of hydrogen-bond acceptors (Lipinski definition) is 3. The van der Waals surface area contributed by atoms with Crippen LogP contribution in [-0.4, -0.2) is 24.2 Å². The Hall–Kier alpha value is -2.33. The third-order valence-corrected chi connectivity index (χ3v) is 3.79. The van der Waals surface area contributed by atoms with Crippen molar-refractivity contribution >= 4 is 11.6 Å². The number of anilines is 1. The van der Waals surface area contributed by atoms with Crippen LogP contribution >= 0.6 is 0 Å². The summed E-state index contributed by atoms with van der Waals surface area (Å²) in [6, 6.07) is 16.9. The van der Waals surface area contributed by atoms with Crippen molar-refractivity contribution in [3.05, 3.63) is 60.2 Å². The van der Waals surface area contributed by atoms with Gasteiger partial charge in [0.25, 0.3) is 0 Å². The summed E-state index contributed by atoms with van der Waals surface area (Å²) in [7, 11) is 0. The van der Waals surface area contributed by atoms with E-state index in [1.807, 2.05) is 54.6 Å². The predicted molar refractivity (Wildman–Crippen MR) is 84.9 cm³/mol. The minimum atomic E-state index is -0.668. The van der Waals surface area contributed by atoms with Crippen LogP contribution < -0.4 is 9.64 Å². The molecule has 4 heteroatoms. The molecule has 0 saturated carbocycles. The van der Waals surface area contributed by atoms with Crippen LogP contribution in [0, 0.1) is 0 Å². The first kappa shape index (κ1) is 14.6. The summed E-state index contributed by atoms with van der Waals surface area (Å²) in [6.45, 7) is 0.941. The summed E-state index contributed by atoms with van der Waals surface area (Å²) < 4.78 is 5.67. The lowest BCUT2D eigenvalue weighted by molar-refractivity contribution is -0.117. The lowest BCUT2D eigenvalue weighted by Crippen LogP contribution is -2.23. The molecule has 22 heavy (non-hydrogen) atoms. The van der Waals surface area contributed by atoms with Gasteiger partial charge in [0.05, 0.1) is 0 Å². The highest BCUT2D eigenvalue weighted by Gasteiger charge is 2.21. The number of hydrogen-bond donors (Lipinski definition) is 1. The van der Waals surface area contributed by atoms with E-state index in [2.05, 4.69) is 0 Å². The zero-order valence-corrected chi connectivity index (χ0v) is 12.3. The molecule has 3 rings (SSSR count). The number of aliphatic hydroxyl groups is 1. The molecule has 1 atom stereocenters. The SMILES string of the molecule is O=C1CCCN1c1cccc(OCC(O)c2ccccc2)c1. The maximum absolute atomic E-state index is 11.8. The zero-order valence-electron chi connectivity index (χ0n) is 12.3. The molecule has 0 aromatic heterocycles. The van der Waals surface area contributed by atoms with Crippen molar-refractivity contribution in [3.8, 4) is 5.75 Å². The lowest BCUT2D eigenvalue weighted by Gasteiger charge is -2.17. The second-order valence-corrected chi connectivity index (χ2v) is 5.38. The van der Waals surface area contributed by atoms with Gasteiger partial charge in [-0.2, -0.15) is 0 Å². The quantitative estimate of drug-likeness (QED) is 0.923. The summed E-state index contributed by atoms with van der Waals surface area (Å²) in [6.07, 6.45) is 0.840. The molecule has 0 bridgehead atoms. The molecule has 1 unspecified atom stereocenters. The standard InChI is InChI=1S/C18H19NO3/c20-17(14-6-2-1-3-7-14)13-22-16-9-4-8-15(12-16)19-11-5-10-18(19)21/h1-4,6-9,12,17,20H,5,10-11,13H2. The molecule has 2 aromatic carbocycles. The Balaban J connectivity index is 1.64. The molecule has 1 aliphatic heterocycles. The molecule has 1 N–H and O–H groups in total. The van der Waals surface area contributed by atoms with Crippen LogP contribution in [0.15, 0.2) is 54.6 Å². The summed E-state index contributed by atoms with van der Waals surface area (Å²) in [5.74, 6) is 0.814. The van der Waals surface area contributed by atoms with E-state index in [1.54, 1.807) is 4.90 Å². The van der Waals surface area contributed by atoms with Gasteiger partial charge in [-0.3, -0.25) is 4.79 Å². The Morgan fingerprint density at radius 3 is 2.68 bits per heavy atom. The topological polar surface area (TPSA) is 49.8 Å². The minimum absolute atomic E-state index is 0.154. The number of nitrogens with zero attached hydrogens (tertiary/aromatic N) is 1. The van der Waals surface area contributed by atoms with Crippen LogP contribution in [0.3, 0.4) is 0 Å². The molecule has 114 valence electrons. The molecule has 1 aliphatic rings. The monoisotopic (exact) mass is 297 g/mol. The van der Waals surface area contributed by atoms with Gasteiger partial charge < -0.3 is 14.7 Å². The van der Waals surface area contributed by atoms with Gasteiger partial charge in [0.15, 0.2) is 0 Å². The van der Waals surface area contributed by atoms with Crippen molar-refractivity contribution in [2.75, 3.05) is 18.1 Å². The van der Waals surface area contributed by atoms with Crippen molar-refractivity contribution in [1.82, 2.24) is 0 Å². The first-order valence-corrected chi connectivity index (χ1v) is 7.50. The summed E-state index contributed by atoms with van der Waals surface area (Å²) in [4.78, 5) is 13.6. The molecular weight excluding hydrogens is 278 g/mol. The Morgan fingerprint density at radius 2 is 1.95 bits per heavy atom. The molecule has 0 radical (unpaired) electrons. The predicted octanol–water partition coefficient (Wildman–Crippen LogP) is 2.93. The maximum atomic E-state index is 11.8. The van der Waals surface area contributed by atoms with Crippen molar-refractivity contribution < 1.29 is 14.6 Å². The summed E-state index contributed by atoms with van der Waals surface area (Å²) in [5, 5.41) is 10.1. The lowest BCUT2D eigenvalue weighted by atomic mass is 10.1. The highest BCUT2D eigenvalue weighted by Crippen LogP contribution is 2.26. The van der Waals surface area contributed by atoms with E-state index in [-0.39, 0.29) is 12.5 Å². The second-order valence-electron chi connectivity index (χ2n) is 5.38. The van der Waals surface area contributed by atoms with Crippen LogP contribution in [0.2, 0.25) is 0 Å². The van der Waals surface area contributed by atoms with Gasteiger partial charge in [0.2, 0.25) is 5.91 Å². The van der Waals surface area contributed by atoms with Crippen LogP contribution in [0.4, 0.5) is 5.69 Å². The largest absolute Gasteiger partial charge is 0.490 e. The van der Waals surface area contributed by atoms with Gasteiger partial charge in [-0.25, -0.2) is 0 Å².